The number of amides is 3. The zero-order valence-electron chi connectivity index (χ0n) is 15.1. The molecule has 27 heavy (non-hydrogen) atoms. The van der Waals surface area contributed by atoms with Crippen LogP contribution in [0.1, 0.15) is 62.2 Å². The van der Waals surface area contributed by atoms with Gasteiger partial charge in [-0.3, -0.25) is 14.4 Å². The summed E-state index contributed by atoms with van der Waals surface area (Å²) in [6.07, 6.45) is 0. The highest BCUT2D eigenvalue weighted by Crippen LogP contribution is 2.29. The molecule has 0 aliphatic carbocycles. The highest BCUT2D eigenvalue weighted by Gasteiger charge is 2.37. The second-order valence-electron chi connectivity index (χ2n) is 7.27. The summed E-state index contributed by atoms with van der Waals surface area (Å²) < 4.78 is 0. The molecule has 1 aliphatic rings. The van der Waals surface area contributed by atoms with Gasteiger partial charge in [-0.1, -0.05) is 6.07 Å². The number of rotatable bonds is 3. The van der Waals surface area contributed by atoms with Gasteiger partial charge < -0.3 is 10.4 Å². The number of imide groups is 1. The lowest BCUT2D eigenvalue weighted by Crippen LogP contribution is -2.40. The molecule has 1 heterocycles. The van der Waals surface area contributed by atoms with E-state index in [1.54, 1.807) is 18.2 Å². The van der Waals surface area contributed by atoms with Crippen LogP contribution in [0.25, 0.3) is 0 Å². The predicted molar refractivity (Wildman–Crippen MR) is 98.2 cm³/mol. The number of anilines is 1. The molecule has 0 saturated heterocycles. The molecule has 3 rings (SSSR count). The largest absolute Gasteiger partial charge is 0.478 e. The molecule has 7 nitrogen and oxygen atoms in total. The van der Waals surface area contributed by atoms with Crippen LogP contribution in [0.5, 0.6) is 0 Å². The maximum Gasteiger partial charge on any atom is 0.335 e. The standard InChI is InChI=1S/C20H18N2O5/c1-20(2,3)21-16(23)11-5-4-6-13(9-11)22-17(24)14-8-7-12(19(26)27)10-15(14)18(22)25/h4-10H,1-3H3,(H,21,23)(H,26,27). The number of aromatic carboxylic acids is 1. The number of hydrogen-bond acceptors (Lipinski definition) is 4. The van der Waals surface area contributed by atoms with Crippen LogP contribution in [0.3, 0.4) is 0 Å². The van der Waals surface area contributed by atoms with Crippen molar-refractivity contribution in [2.75, 3.05) is 4.90 Å². The zero-order valence-corrected chi connectivity index (χ0v) is 15.1. The molecule has 0 unspecified atom stereocenters. The molecule has 0 radical (unpaired) electrons. The first-order valence-electron chi connectivity index (χ1n) is 8.27. The Kier molecular flexibility index (Phi) is 4.31. The Morgan fingerprint density at radius 1 is 0.926 bits per heavy atom. The Hall–Kier alpha value is -3.48. The summed E-state index contributed by atoms with van der Waals surface area (Å²) in [4.78, 5) is 49.8. The highest BCUT2D eigenvalue weighted by molar-refractivity contribution is 6.34. The van der Waals surface area contributed by atoms with Crippen molar-refractivity contribution in [1.82, 2.24) is 5.32 Å². The minimum Gasteiger partial charge on any atom is -0.478 e. The molecule has 2 aromatic rings. The lowest BCUT2D eigenvalue weighted by molar-refractivity contribution is 0.0696. The van der Waals surface area contributed by atoms with Crippen molar-refractivity contribution in [1.29, 1.82) is 0 Å². The van der Waals surface area contributed by atoms with Crippen molar-refractivity contribution in [3.63, 3.8) is 0 Å². The van der Waals surface area contributed by atoms with E-state index in [0.717, 1.165) is 4.90 Å². The summed E-state index contributed by atoms with van der Waals surface area (Å²) in [6.45, 7) is 5.54. The van der Waals surface area contributed by atoms with E-state index in [1.807, 2.05) is 20.8 Å². The third-order valence-electron chi connectivity index (χ3n) is 3.99. The maximum atomic E-state index is 12.7. The van der Waals surface area contributed by atoms with Gasteiger partial charge in [0.1, 0.15) is 0 Å². The summed E-state index contributed by atoms with van der Waals surface area (Å²) >= 11 is 0. The average Bonchev–Trinajstić information content (AvgIpc) is 2.84. The van der Waals surface area contributed by atoms with Gasteiger partial charge in [-0.15, -0.1) is 0 Å². The summed E-state index contributed by atoms with van der Waals surface area (Å²) in [5, 5.41) is 11.9. The lowest BCUT2D eigenvalue weighted by Gasteiger charge is -2.21. The second-order valence-corrected chi connectivity index (χ2v) is 7.27. The highest BCUT2D eigenvalue weighted by atomic mass is 16.4. The molecule has 2 N–H and O–H groups in total. The van der Waals surface area contributed by atoms with E-state index >= 15 is 0 Å². The van der Waals surface area contributed by atoms with E-state index < -0.39 is 23.3 Å². The number of nitrogens with zero attached hydrogens (tertiary/aromatic N) is 1. The summed E-state index contributed by atoms with van der Waals surface area (Å²) in [7, 11) is 0. The van der Waals surface area contributed by atoms with Gasteiger partial charge >= 0.3 is 5.97 Å². The first kappa shape index (κ1) is 18.3. The summed E-state index contributed by atoms with van der Waals surface area (Å²) in [5.74, 6) is -2.68. The van der Waals surface area contributed by atoms with E-state index in [0.29, 0.717) is 5.56 Å². The molecular weight excluding hydrogens is 348 g/mol. The Morgan fingerprint density at radius 3 is 2.22 bits per heavy atom. The van der Waals surface area contributed by atoms with Crippen molar-refractivity contribution >= 4 is 29.4 Å². The number of fused-ring (bicyclic) bond motifs is 1. The predicted octanol–water partition coefficient (Wildman–Crippen LogP) is 2.71. The molecule has 2 aromatic carbocycles. The molecule has 7 heteroatoms. The Labute approximate surface area is 155 Å². The first-order chi connectivity index (χ1) is 12.6. The Bertz CT molecular complexity index is 988. The minimum atomic E-state index is -1.18. The Balaban J connectivity index is 1.97. The smallest absolute Gasteiger partial charge is 0.335 e. The fourth-order valence-corrected chi connectivity index (χ4v) is 2.81. The maximum absolute atomic E-state index is 12.7. The molecule has 0 fully saturated rings. The monoisotopic (exact) mass is 366 g/mol. The van der Waals surface area contributed by atoms with Gasteiger partial charge in [0.2, 0.25) is 0 Å². The van der Waals surface area contributed by atoms with Crippen LogP contribution in [0, 0.1) is 0 Å². The van der Waals surface area contributed by atoms with Crippen molar-refractivity contribution in [3.8, 4) is 0 Å². The zero-order chi connectivity index (χ0) is 19.9. The van der Waals surface area contributed by atoms with E-state index in [-0.39, 0.29) is 28.3 Å². The fourth-order valence-electron chi connectivity index (χ4n) is 2.81. The van der Waals surface area contributed by atoms with Crippen LogP contribution in [0.4, 0.5) is 5.69 Å². The van der Waals surface area contributed by atoms with Crippen LogP contribution in [0.2, 0.25) is 0 Å². The van der Waals surface area contributed by atoms with Gasteiger partial charge in [-0.25, -0.2) is 9.69 Å². The van der Waals surface area contributed by atoms with E-state index in [1.165, 1.54) is 24.3 Å². The molecule has 0 aromatic heterocycles. The van der Waals surface area contributed by atoms with Crippen LogP contribution < -0.4 is 10.2 Å². The molecule has 0 bridgehead atoms. The molecule has 0 atom stereocenters. The number of carbonyl (C=O) groups is 4. The van der Waals surface area contributed by atoms with Crippen LogP contribution in [-0.2, 0) is 0 Å². The van der Waals surface area contributed by atoms with Gasteiger partial charge in [0.05, 0.1) is 22.4 Å². The summed E-state index contributed by atoms with van der Waals surface area (Å²) in [6, 6.07) is 9.98. The van der Waals surface area contributed by atoms with Crippen LogP contribution in [0.15, 0.2) is 42.5 Å². The van der Waals surface area contributed by atoms with E-state index in [4.69, 9.17) is 5.11 Å². The van der Waals surface area contributed by atoms with Crippen molar-refractivity contribution in [3.05, 3.63) is 64.7 Å². The second kappa shape index (κ2) is 6.35. The molecule has 0 spiro atoms. The lowest BCUT2D eigenvalue weighted by atomic mass is 10.1. The topological polar surface area (TPSA) is 104 Å². The molecule has 1 aliphatic heterocycles. The molecule has 0 saturated carbocycles. The van der Waals surface area contributed by atoms with Crippen LogP contribution in [-0.4, -0.2) is 34.3 Å². The normalized spacial score (nSPS) is 13.5. The fraction of sp³-hybridized carbons (Fsp3) is 0.200. The summed E-state index contributed by atoms with van der Waals surface area (Å²) in [5.41, 5.74) is 0.217. The average molecular weight is 366 g/mol. The van der Waals surface area contributed by atoms with Gasteiger partial charge in [0.25, 0.3) is 17.7 Å². The van der Waals surface area contributed by atoms with E-state index in [2.05, 4.69) is 5.32 Å². The van der Waals surface area contributed by atoms with Crippen LogP contribution >= 0.6 is 0 Å². The SMILES string of the molecule is CC(C)(C)NC(=O)c1cccc(N2C(=O)c3ccc(C(=O)O)cc3C2=O)c1. The Morgan fingerprint density at radius 2 is 1.59 bits per heavy atom. The van der Waals surface area contributed by atoms with Crippen molar-refractivity contribution < 1.29 is 24.3 Å². The first-order valence-corrected chi connectivity index (χ1v) is 8.27. The quantitative estimate of drug-likeness (QED) is 0.813. The number of carboxylic acids is 1. The molecular formula is C20H18N2O5. The number of benzene rings is 2. The third-order valence-corrected chi connectivity index (χ3v) is 3.99. The number of carbonyl (C=O) groups excluding carboxylic acids is 3. The molecule has 138 valence electrons. The van der Waals surface area contributed by atoms with Gasteiger partial charge in [-0.2, -0.15) is 0 Å². The van der Waals surface area contributed by atoms with Crippen molar-refractivity contribution in [2.45, 2.75) is 26.3 Å². The van der Waals surface area contributed by atoms with Crippen molar-refractivity contribution in [2.24, 2.45) is 0 Å². The molecule has 3 amide bonds. The number of carboxylic acid groups (broad SMARTS) is 1. The number of hydrogen-bond donors (Lipinski definition) is 2. The van der Waals surface area contributed by atoms with Gasteiger partial charge in [0.15, 0.2) is 0 Å². The minimum absolute atomic E-state index is 0.0319. The van der Waals surface area contributed by atoms with Gasteiger partial charge in [-0.05, 0) is 57.2 Å². The third kappa shape index (κ3) is 3.44. The van der Waals surface area contributed by atoms with Gasteiger partial charge in [0, 0.05) is 11.1 Å². The number of nitrogens with one attached hydrogen (secondary N) is 1. The van der Waals surface area contributed by atoms with E-state index in [9.17, 15) is 19.2 Å².